The minimum absolute atomic E-state index is 0.0377. The zero-order chi connectivity index (χ0) is 16.1. The average Bonchev–Trinajstić information content (AvgIpc) is 3.24. The zero-order valence-electron chi connectivity index (χ0n) is 13.6. The van der Waals surface area contributed by atoms with Crippen molar-refractivity contribution in [3.63, 3.8) is 0 Å². The van der Waals surface area contributed by atoms with Crippen molar-refractivity contribution in [3.05, 3.63) is 35.9 Å². The van der Waals surface area contributed by atoms with Gasteiger partial charge in [0.05, 0.1) is 6.61 Å². The molecule has 2 amide bonds. The summed E-state index contributed by atoms with van der Waals surface area (Å²) >= 11 is 0. The lowest BCUT2D eigenvalue weighted by Crippen LogP contribution is -2.45. The molecule has 1 aliphatic heterocycles. The van der Waals surface area contributed by atoms with E-state index in [1.165, 1.54) is 12.0 Å². The highest BCUT2D eigenvalue weighted by Crippen LogP contribution is 2.44. The van der Waals surface area contributed by atoms with Gasteiger partial charge in [-0.1, -0.05) is 30.3 Å². The van der Waals surface area contributed by atoms with E-state index in [1.807, 2.05) is 6.07 Å². The SMILES string of the molecule is O=C(NCC1CCCN1Cc1ccccc1)NCC1(CO)CC1. The topological polar surface area (TPSA) is 64.6 Å². The second-order valence-corrected chi connectivity index (χ2v) is 6.97. The molecule has 1 unspecified atom stereocenters. The van der Waals surface area contributed by atoms with Crippen LogP contribution in [-0.2, 0) is 6.54 Å². The highest BCUT2D eigenvalue weighted by molar-refractivity contribution is 5.73. The molecule has 2 aliphatic rings. The maximum absolute atomic E-state index is 11.9. The molecule has 0 bridgehead atoms. The number of aliphatic hydroxyl groups excluding tert-OH is 1. The number of carbonyl (C=O) groups is 1. The van der Waals surface area contributed by atoms with Crippen LogP contribution in [0.1, 0.15) is 31.2 Å². The van der Waals surface area contributed by atoms with Gasteiger partial charge < -0.3 is 15.7 Å². The second kappa shape index (κ2) is 7.32. The molecule has 1 saturated heterocycles. The normalized spacial score (nSPS) is 22.7. The molecule has 1 atom stereocenters. The van der Waals surface area contributed by atoms with Gasteiger partial charge in [0.1, 0.15) is 0 Å². The number of benzene rings is 1. The van der Waals surface area contributed by atoms with Crippen molar-refractivity contribution in [1.29, 1.82) is 0 Å². The Morgan fingerprint density at radius 3 is 2.74 bits per heavy atom. The van der Waals surface area contributed by atoms with Crippen molar-refractivity contribution < 1.29 is 9.90 Å². The molecular weight excluding hydrogens is 290 g/mol. The molecule has 1 aromatic carbocycles. The van der Waals surface area contributed by atoms with Gasteiger partial charge in [0.2, 0.25) is 0 Å². The summed E-state index contributed by atoms with van der Waals surface area (Å²) in [5.41, 5.74) is 1.28. The Bertz CT molecular complexity index is 516. The van der Waals surface area contributed by atoms with Crippen LogP contribution >= 0.6 is 0 Å². The third-order valence-electron chi connectivity index (χ3n) is 5.14. The van der Waals surface area contributed by atoms with Gasteiger partial charge in [-0.3, -0.25) is 4.90 Å². The lowest BCUT2D eigenvalue weighted by atomic mass is 10.1. The number of nitrogens with zero attached hydrogens (tertiary/aromatic N) is 1. The van der Waals surface area contributed by atoms with Crippen LogP contribution in [0.3, 0.4) is 0 Å². The molecule has 5 nitrogen and oxygen atoms in total. The molecule has 1 aliphatic carbocycles. The lowest BCUT2D eigenvalue weighted by Gasteiger charge is -2.25. The van der Waals surface area contributed by atoms with Crippen LogP contribution in [-0.4, -0.2) is 48.3 Å². The predicted octanol–water partition coefficient (Wildman–Crippen LogP) is 1.72. The van der Waals surface area contributed by atoms with Crippen LogP contribution in [0.5, 0.6) is 0 Å². The fraction of sp³-hybridized carbons (Fsp3) is 0.611. The van der Waals surface area contributed by atoms with Gasteiger partial charge in [-0.15, -0.1) is 0 Å². The first kappa shape index (κ1) is 16.3. The molecular formula is C18H27N3O2. The third kappa shape index (κ3) is 4.45. The van der Waals surface area contributed by atoms with E-state index in [-0.39, 0.29) is 18.1 Å². The molecule has 1 saturated carbocycles. The van der Waals surface area contributed by atoms with Crippen molar-refractivity contribution in [2.24, 2.45) is 5.41 Å². The third-order valence-corrected chi connectivity index (χ3v) is 5.14. The Morgan fingerprint density at radius 2 is 2.04 bits per heavy atom. The first-order valence-electron chi connectivity index (χ1n) is 8.61. The van der Waals surface area contributed by atoms with Crippen LogP contribution in [0.25, 0.3) is 0 Å². The highest BCUT2D eigenvalue weighted by atomic mass is 16.3. The number of urea groups is 1. The minimum Gasteiger partial charge on any atom is -0.396 e. The smallest absolute Gasteiger partial charge is 0.314 e. The summed E-state index contributed by atoms with van der Waals surface area (Å²) in [6.07, 6.45) is 4.34. The number of aliphatic hydroxyl groups is 1. The van der Waals surface area contributed by atoms with Gasteiger partial charge in [0.25, 0.3) is 0 Å². The van der Waals surface area contributed by atoms with Gasteiger partial charge >= 0.3 is 6.03 Å². The van der Waals surface area contributed by atoms with Crippen LogP contribution in [0.15, 0.2) is 30.3 Å². The summed E-state index contributed by atoms with van der Waals surface area (Å²) < 4.78 is 0. The van der Waals surface area contributed by atoms with Gasteiger partial charge in [-0.05, 0) is 37.8 Å². The summed E-state index contributed by atoms with van der Waals surface area (Å²) in [6.45, 7) is 3.47. The largest absolute Gasteiger partial charge is 0.396 e. The molecule has 126 valence electrons. The fourth-order valence-electron chi connectivity index (χ4n) is 3.26. The maximum Gasteiger partial charge on any atom is 0.314 e. The highest BCUT2D eigenvalue weighted by Gasteiger charge is 2.42. The van der Waals surface area contributed by atoms with Gasteiger partial charge in [0, 0.05) is 31.1 Å². The van der Waals surface area contributed by atoms with Crippen LogP contribution in [0.4, 0.5) is 4.79 Å². The van der Waals surface area contributed by atoms with E-state index in [4.69, 9.17) is 0 Å². The molecule has 5 heteroatoms. The van der Waals surface area contributed by atoms with E-state index in [9.17, 15) is 9.90 Å². The number of likely N-dealkylation sites (tertiary alicyclic amines) is 1. The van der Waals surface area contributed by atoms with Crippen LogP contribution < -0.4 is 10.6 Å². The predicted molar refractivity (Wildman–Crippen MR) is 90.0 cm³/mol. The zero-order valence-corrected chi connectivity index (χ0v) is 13.6. The van der Waals surface area contributed by atoms with Crippen molar-refractivity contribution in [3.8, 4) is 0 Å². The van der Waals surface area contributed by atoms with E-state index in [2.05, 4.69) is 39.8 Å². The molecule has 3 N–H and O–H groups in total. The molecule has 2 fully saturated rings. The summed E-state index contributed by atoms with van der Waals surface area (Å²) in [6, 6.07) is 10.8. The van der Waals surface area contributed by atoms with E-state index < -0.39 is 0 Å². The summed E-state index contributed by atoms with van der Waals surface area (Å²) in [4.78, 5) is 14.4. The van der Waals surface area contributed by atoms with Crippen molar-refractivity contribution in [1.82, 2.24) is 15.5 Å². The van der Waals surface area contributed by atoms with Crippen molar-refractivity contribution >= 4 is 6.03 Å². The lowest BCUT2D eigenvalue weighted by molar-refractivity contribution is 0.200. The number of rotatable bonds is 7. The molecule has 23 heavy (non-hydrogen) atoms. The summed E-state index contributed by atoms with van der Waals surface area (Å²) in [7, 11) is 0. The van der Waals surface area contributed by atoms with E-state index in [1.54, 1.807) is 0 Å². The first-order valence-corrected chi connectivity index (χ1v) is 8.61. The monoisotopic (exact) mass is 317 g/mol. The van der Waals surface area contributed by atoms with Gasteiger partial charge in [0.15, 0.2) is 0 Å². The Hall–Kier alpha value is -1.59. The Labute approximate surface area is 138 Å². The van der Waals surface area contributed by atoms with Gasteiger partial charge in [-0.2, -0.15) is 0 Å². The van der Waals surface area contributed by atoms with Crippen LogP contribution in [0.2, 0.25) is 0 Å². The van der Waals surface area contributed by atoms with Crippen LogP contribution in [0, 0.1) is 5.41 Å². The first-order chi connectivity index (χ1) is 11.2. The maximum atomic E-state index is 11.9. The second-order valence-electron chi connectivity index (χ2n) is 6.97. The molecule has 3 rings (SSSR count). The number of hydrogen-bond donors (Lipinski definition) is 3. The number of hydrogen-bond acceptors (Lipinski definition) is 3. The molecule has 0 aromatic heterocycles. The Balaban J connectivity index is 1.41. The number of carbonyl (C=O) groups excluding carboxylic acids is 1. The molecule has 0 radical (unpaired) electrons. The standard InChI is InChI=1S/C18H27N3O2/c22-14-18(8-9-18)13-20-17(23)19-11-16-7-4-10-21(16)12-15-5-2-1-3-6-15/h1-3,5-6,16,22H,4,7-14H2,(H2,19,20,23). The molecule has 1 heterocycles. The fourth-order valence-corrected chi connectivity index (χ4v) is 3.26. The number of amides is 2. The van der Waals surface area contributed by atoms with E-state index >= 15 is 0 Å². The average molecular weight is 317 g/mol. The molecule has 0 spiro atoms. The van der Waals surface area contributed by atoms with E-state index in [0.29, 0.717) is 19.1 Å². The van der Waals surface area contributed by atoms with E-state index in [0.717, 1.165) is 32.4 Å². The molecule has 1 aromatic rings. The van der Waals surface area contributed by atoms with Gasteiger partial charge in [-0.25, -0.2) is 4.79 Å². The Kier molecular flexibility index (Phi) is 5.18. The quantitative estimate of drug-likeness (QED) is 0.717. The minimum atomic E-state index is -0.115. The van der Waals surface area contributed by atoms with Crippen molar-refractivity contribution in [2.45, 2.75) is 38.3 Å². The summed E-state index contributed by atoms with van der Waals surface area (Å²) in [5.74, 6) is 0. The Morgan fingerprint density at radius 1 is 1.26 bits per heavy atom. The number of nitrogens with one attached hydrogen (secondary N) is 2. The summed E-state index contributed by atoms with van der Waals surface area (Å²) in [5, 5.41) is 15.2. The van der Waals surface area contributed by atoms with Crippen molar-refractivity contribution in [2.75, 3.05) is 26.2 Å².